The lowest BCUT2D eigenvalue weighted by atomic mass is 9.89. The van der Waals surface area contributed by atoms with E-state index in [1.165, 1.54) is 12.8 Å². The number of benzene rings is 1. The molecule has 1 saturated carbocycles. The molecule has 1 aliphatic rings. The van der Waals surface area contributed by atoms with Gasteiger partial charge in [-0.05, 0) is 30.9 Å². The molecule has 2 rings (SSSR count). The normalized spacial score (nSPS) is 30.4. The maximum absolute atomic E-state index is 9.59. The summed E-state index contributed by atoms with van der Waals surface area (Å²) in [5, 5.41) is 13.1. The van der Waals surface area contributed by atoms with Crippen LogP contribution < -0.4 is 5.32 Å². The molecule has 2 nitrogen and oxygen atoms in total. The van der Waals surface area contributed by atoms with Gasteiger partial charge in [-0.25, -0.2) is 0 Å². The Bertz CT molecular complexity index is 312. The molecule has 0 aliphatic heterocycles. The van der Waals surface area contributed by atoms with Crippen molar-refractivity contribution in [1.29, 1.82) is 0 Å². The van der Waals surface area contributed by atoms with E-state index < -0.39 is 0 Å². The highest BCUT2D eigenvalue weighted by atomic mass is 16.3. The Morgan fingerprint density at radius 1 is 1.40 bits per heavy atom. The summed E-state index contributed by atoms with van der Waals surface area (Å²) in [7, 11) is 0. The van der Waals surface area contributed by atoms with Gasteiger partial charge in [-0.15, -0.1) is 0 Å². The summed E-state index contributed by atoms with van der Waals surface area (Å²) in [5.41, 5.74) is 1.02. The van der Waals surface area contributed by atoms with E-state index in [-0.39, 0.29) is 12.1 Å². The molecule has 15 heavy (non-hydrogen) atoms. The molecule has 1 aliphatic carbocycles. The second-order valence-corrected chi connectivity index (χ2v) is 4.60. The van der Waals surface area contributed by atoms with E-state index in [0.717, 1.165) is 12.1 Å². The zero-order chi connectivity index (χ0) is 10.7. The van der Waals surface area contributed by atoms with Crippen molar-refractivity contribution in [2.75, 3.05) is 11.9 Å². The Hall–Kier alpha value is -1.02. The SMILES string of the molecule is CC1CCCC1(CO)Nc1ccccc1. The van der Waals surface area contributed by atoms with E-state index in [4.69, 9.17) is 0 Å². The lowest BCUT2D eigenvalue weighted by Gasteiger charge is -2.34. The second kappa shape index (κ2) is 4.23. The number of aliphatic hydroxyl groups excluding tert-OH is 1. The zero-order valence-electron chi connectivity index (χ0n) is 9.24. The molecule has 0 bridgehead atoms. The second-order valence-electron chi connectivity index (χ2n) is 4.60. The number of rotatable bonds is 3. The van der Waals surface area contributed by atoms with Gasteiger partial charge in [0.15, 0.2) is 0 Å². The predicted molar refractivity (Wildman–Crippen MR) is 62.9 cm³/mol. The Kier molecular flexibility index (Phi) is 2.96. The van der Waals surface area contributed by atoms with Crippen LogP contribution in [-0.4, -0.2) is 17.3 Å². The van der Waals surface area contributed by atoms with Crippen LogP contribution in [0.25, 0.3) is 0 Å². The van der Waals surface area contributed by atoms with Crippen LogP contribution in [0.15, 0.2) is 30.3 Å². The minimum Gasteiger partial charge on any atom is -0.394 e. The van der Waals surface area contributed by atoms with Gasteiger partial charge in [-0.2, -0.15) is 0 Å². The Morgan fingerprint density at radius 3 is 2.67 bits per heavy atom. The van der Waals surface area contributed by atoms with Crippen molar-refractivity contribution in [3.05, 3.63) is 30.3 Å². The monoisotopic (exact) mass is 205 g/mol. The van der Waals surface area contributed by atoms with Crippen LogP contribution in [0.4, 0.5) is 5.69 Å². The zero-order valence-corrected chi connectivity index (χ0v) is 9.24. The first-order valence-corrected chi connectivity index (χ1v) is 5.71. The van der Waals surface area contributed by atoms with Gasteiger partial charge >= 0.3 is 0 Å². The third-order valence-corrected chi connectivity index (χ3v) is 3.65. The molecular formula is C13H19NO. The molecule has 2 unspecified atom stereocenters. The highest BCUT2D eigenvalue weighted by Crippen LogP contribution is 2.37. The number of aliphatic hydroxyl groups is 1. The average Bonchev–Trinajstić information content (AvgIpc) is 2.62. The van der Waals surface area contributed by atoms with E-state index in [0.29, 0.717) is 5.92 Å². The number of anilines is 1. The summed E-state index contributed by atoms with van der Waals surface area (Å²) in [5.74, 6) is 0.544. The predicted octanol–water partition coefficient (Wildman–Crippen LogP) is 2.65. The van der Waals surface area contributed by atoms with Crippen LogP contribution in [0.3, 0.4) is 0 Å². The summed E-state index contributed by atoms with van der Waals surface area (Å²) in [4.78, 5) is 0. The van der Waals surface area contributed by atoms with Gasteiger partial charge in [0.2, 0.25) is 0 Å². The smallest absolute Gasteiger partial charge is 0.0664 e. The first-order valence-electron chi connectivity index (χ1n) is 5.71. The van der Waals surface area contributed by atoms with Gasteiger partial charge in [0.25, 0.3) is 0 Å². The van der Waals surface area contributed by atoms with Crippen LogP contribution in [0.2, 0.25) is 0 Å². The number of hydrogen-bond donors (Lipinski definition) is 2. The molecule has 2 atom stereocenters. The van der Waals surface area contributed by atoms with Gasteiger partial charge in [0.05, 0.1) is 12.1 Å². The fourth-order valence-electron chi connectivity index (χ4n) is 2.52. The molecule has 1 aromatic rings. The topological polar surface area (TPSA) is 32.3 Å². The van der Waals surface area contributed by atoms with Gasteiger partial charge in [0, 0.05) is 5.69 Å². The van der Waals surface area contributed by atoms with E-state index >= 15 is 0 Å². The lowest BCUT2D eigenvalue weighted by Crippen LogP contribution is -2.44. The van der Waals surface area contributed by atoms with Crippen molar-refractivity contribution in [3.63, 3.8) is 0 Å². The molecule has 0 radical (unpaired) electrons. The molecule has 0 amide bonds. The van der Waals surface area contributed by atoms with E-state index in [2.05, 4.69) is 24.4 Å². The van der Waals surface area contributed by atoms with E-state index in [1.807, 2.05) is 18.2 Å². The van der Waals surface area contributed by atoms with Crippen molar-refractivity contribution in [1.82, 2.24) is 0 Å². The first kappa shape index (κ1) is 10.5. The maximum atomic E-state index is 9.59. The summed E-state index contributed by atoms with van der Waals surface area (Å²) in [6.45, 7) is 2.45. The molecule has 2 heteroatoms. The summed E-state index contributed by atoms with van der Waals surface area (Å²) in [6, 6.07) is 10.2. The molecule has 0 saturated heterocycles. The molecule has 1 aromatic carbocycles. The molecule has 0 spiro atoms. The minimum atomic E-state index is -0.0959. The summed E-state index contributed by atoms with van der Waals surface area (Å²) in [6.07, 6.45) is 3.49. The molecule has 0 aromatic heterocycles. The highest BCUT2D eigenvalue weighted by molar-refractivity contribution is 5.45. The van der Waals surface area contributed by atoms with Crippen LogP contribution in [-0.2, 0) is 0 Å². The molecular weight excluding hydrogens is 186 g/mol. The largest absolute Gasteiger partial charge is 0.394 e. The van der Waals surface area contributed by atoms with Crippen LogP contribution >= 0.6 is 0 Å². The standard InChI is InChI=1S/C13H19NO/c1-11-6-5-9-13(11,10-15)14-12-7-3-2-4-8-12/h2-4,7-8,11,14-15H,5-6,9-10H2,1H3. The van der Waals surface area contributed by atoms with Crippen molar-refractivity contribution < 1.29 is 5.11 Å². The fourth-order valence-corrected chi connectivity index (χ4v) is 2.52. The Morgan fingerprint density at radius 2 is 2.13 bits per heavy atom. The third-order valence-electron chi connectivity index (χ3n) is 3.65. The lowest BCUT2D eigenvalue weighted by molar-refractivity contribution is 0.184. The van der Waals surface area contributed by atoms with Crippen molar-refractivity contribution >= 4 is 5.69 Å². The number of nitrogens with one attached hydrogen (secondary N) is 1. The number of hydrogen-bond acceptors (Lipinski definition) is 2. The molecule has 0 heterocycles. The van der Waals surface area contributed by atoms with Gasteiger partial charge in [-0.1, -0.05) is 31.5 Å². The summed E-state index contributed by atoms with van der Waals surface area (Å²) < 4.78 is 0. The van der Waals surface area contributed by atoms with Gasteiger partial charge in [-0.3, -0.25) is 0 Å². The number of para-hydroxylation sites is 1. The quantitative estimate of drug-likeness (QED) is 0.795. The Balaban J connectivity index is 2.15. The van der Waals surface area contributed by atoms with Gasteiger partial charge < -0.3 is 10.4 Å². The highest BCUT2D eigenvalue weighted by Gasteiger charge is 2.39. The van der Waals surface area contributed by atoms with Crippen LogP contribution in [0.1, 0.15) is 26.2 Å². The third kappa shape index (κ3) is 2.00. The fraction of sp³-hybridized carbons (Fsp3) is 0.538. The average molecular weight is 205 g/mol. The minimum absolute atomic E-state index is 0.0959. The Labute approximate surface area is 91.3 Å². The molecule has 82 valence electrons. The van der Waals surface area contributed by atoms with Crippen molar-refractivity contribution in [2.45, 2.75) is 31.7 Å². The maximum Gasteiger partial charge on any atom is 0.0664 e. The van der Waals surface area contributed by atoms with E-state index in [9.17, 15) is 5.11 Å². The van der Waals surface area contributed by atoms with E-state index in [1.54, 1.807) is 0 Å². The van der Waals surface area contributed by atoms with Crippen LogP contribution in [0, 0.1) is 5.92 Å². The van der Waals surface area contributed by atoms with Crippen LogP contribution in [0.5, 0.6) is 0 Å². The van der Waals surface area contributed by atoms with Crippen molar-refractivity contribution in [3.8, 4) is 0 Å². The molecule has 1 fully saturated rings. The first-order chi connectivity index (χ1) is 7.27. The molecule has 2 N–H and O–H groups in total. The van der Waals surface area contributed by atoms with Crippen molar-refractivity contribution in [2.24, 2.45) is 5.92 Å². The van der Waals surface area contributed by atoms with Gasteiger partial charge in [0.1, 0.15) is 0 Å². The summed E-state index contributed by atoms with van der Waals surface area (Å²) >= 11 is 0.